The molecule has 0 spiro atoms. The SMILES string of the molecule is OCCN(c1ccc2nccnc2n1)C1CCCCC1. The molecule has 0 saturated heterocycles. The lowest BCUT2D eigenvalue weighted by Gasteiger charge is -2.34. The van der Waals surface area contributed by atoms with Crippen molar-refractivity contribution in [3.05, 3.63) is 24.5 Å². The van der Waals surface area contributed by atoms with Crippen LogP contribution >= 0.6 is 0 Å². The average molecular weight is 272 g/mol. The molecule has 0 bridgehead atoms. The first-order valence-electron chi connectivity index (χ1n) is 7.34. The molecule has 0 unspecified atom stereocenters. The van der Waals surface area contributed by atoms with Crippen molar-refractivity contribution >= 4 is 17.0 Å². The molecule has 0 aliphatic heterocycles. The zero-order valence-corrected chi connectivity index (χ0v) is 11.6. The molecule has 0 radical (unpaired) electrons. The Kier molecular flexibility index (Phi) is 4.06. The lowest BCUT2D eigenvalue weighted by atomic mass is 9.94. The van der Waals surface area contributed by atoms with E-state index >= 15 is 0 Å². The number of aliphatic hydroxyl groups is 1. The zero-order valence-electron chi connectivity index (χ0n) is 11.6. The van der Waals surface area contributed by atoms with Gasteiger partial charge >= 0.3 is 0 Å². The second-order valence-electron chi connectivity index (χ2n) is 5.28. The normalized spacial score (nSPS) is 16.4. The van der Waals surface area contributed by atoms with Gasteiger partial charge in [-0.15, -0.1) is 0 Å². The van der Waals surface area contributed by atoms with E-state index in [9.17, 15) is 5.11 Å². The first-order valence-corrected chi connectivity index (χ1v) is 7.34. The maximum Gasteiger partial charge on any atom is 0.180 e. The molecule has 1 fully saturated rings. The molecule has 1 saturated carbocycles. The summed E-state index contributed by atoms with van der Waals surface area (Å²) in [5.41, 5.74) is 1.48. The number of pyridine rings is 1. The van der Waals surface area contributed by atoms with Gasteiger partial charge in [0.15, 0.2) is 5.65 Å². The first-order chi connectivity index (χ1) is 9.88. The van der Waals surface area contributed by atoms with Gasteiger partial charge < -0.3 is 10.0 Å². The second kappa shape index (κ2) is 6.13. The number of aromatic nitrogens is 3. The number of fused-ring (bicyclic) bond motifs is 1. The number of hydrogen-bond acceptors (Lipinski definition) is 5. The topological polar surface area (TPSA) is 62.1 Å². The summed E-state index contributed by atoms with van der Waals surface area (Å²) in [6.07, 6.45) is 9.55. The van der Waals surface area contributed by atoms with Gasteiger partial charge in [0, 0.05) is 25.0 Å². The van der Waals surface area contributed by atoms with E-state index in [0.717, 1.165) is 11.3 Å². The molecular weight excluding hydrogens is 252 g/mol. The van der Waals surface area contributed by atoms with Gasteiger partial charge in [0.2, 0.25) is 0 Å². The summed E-state index contributed by atoms with van der Waals surface area (Å²) in [5.74, 6) is 0.902. The molecule has 5 heteroatoms. The Morgan fingerprint density at radius 2 is 1.90 bits per heavy atom. The van der Waals surface area contributed by atoms with Crippen LogP contribution in [0.4, 0.5) is 5.82 Å². The summed E-state index contributed by atoms with van der Waals surface area (Å²) in [6, 6.07) is 4.43. The maximum absolute atomic E-state index is 9.34. The van der Waals surface area contributed by atoms with Gasteiger partial charge in [0.05, 0.1) is 6.61 Å². The van der Waals surface area contributed by atoms with Gasteiger partial charge in [-0.2, -0.15) is 0 Å². The Morgan fingerprint density at radius 3 is 2.70 bits per heavy atom. The van der Waals surface area contributed by atoms with Gasteiger partial charge in [0.1, 0.15) is 11.3 Å². The van der Waals surface area contributed by atoms with E-state index in [-0.39, 0.29) is 6.61 Å². The fraction of sp³-hybridized carbons (Fsp3) is 0.533. The lowest BCUT2D eigenvalue weighted by Crippen LogP contribution is -2.39. The molecule has 1 aliphatic rings. The molecule has 0 amide bonds. The number of hydrogen-bond donors (Lipinski definition) is 1. The number of anilines is 1. The summed E-state index contributed by atoms with van der Waals surface area (Å²) in [7, 11) is 0. The summed E-state index contributed by atoms with van der Waals surface area (Å²) in [5, 5.41) is 9.34. The van der Waals surface area contributed by atoms with Crippen molar-refractivity contribution in [1.82, 2.24) is 15.0 Å². The largest absolute Gasteiger partial charge is 0.395 e. The van der Waals surface area contributed by atoms with E-state index in [1.165, 1.54) is 32.1 Å². The van der Waals surface area contributed by atoms with E-state index in [2.05, 4.69) is 19.9 Å². The fourth-order valence-corrected chi connectivity index (χ4v) is 2.99. The number of aliphatic hydroxyl groups excluding tert-OH is 1. The Bertz CT molecular complexity index is 569. The van der Waals surface area contributed by atoms with Crippen molar-refractivity contribution in [3.8, 4) is 0 Å². The van der Waals surface area contributed by atoms with Crippen molar-refractivity contribution in [2.45, 2.75) is 38.1 Å². The zero-order chi connectivity index (χ0) is 13.8. The molecule has 5 nitrogen and oxygen atoms in total. The van der Waals surface area contributed by atoms with Crippen LogP contribution in [0, 0.1) is 0 Å². The molecule has 1 N–H and O–H groups in total. The van der Waals surface area contributed by atoms with E-state index < -0.39 is 0 Å². The van der Waals surface area contributed by atoms with Crippen LogP contribution in [0.25, 0.3) is 11.2 Å². The van der Waals surface area contributed by atoms with Crippen molar-refractivity contribution in [2.24, 2.45) is 0 Å². The molecule has 2 aromatic rings. The summed E-state index contributed by atoms with van der Waals surface area (Å²) < 4.78 is 0. The standard InChI is InChI=1S/C15H20N4O/c20-11-10-19(12-4-2-1-3-5-12)14-7-6-13-15(18-14)17-9-8-16-13/h6-9,12,20H,1-5,10-11H2. The average Bonchev–Trinajstić information content (AvgIpc) is 2.53. The molecule has 2 aromatic heterocycles. The van der Waals surface area contributed by atoms with Crippen LogP contribution in [-0.2, 0) is 0 Å². The summed E-state index contributed by atoms with van der Waals surface area (Å²) >= 11 is 0. The van der Waals surface area contributed by atoms with Gasteiger partial charge in [-0.05, 0) is 25.0 Å². The molecule has 20 heavy (non-hydrogen) atoms. The summed E-state index contributed by atoms with van der Waals surface area (Å²) in [6.45, 7) is 0.778. The summed E-state index contributed by atoms with van der Waals surface area (Å²) in [4.78, 5) is 15.4. The van der Waals surface area contributed by atoms with Gasteiger partial charge in [-0.25, -0.2) is 9.97 Å². The molecule has 3 rings (SSSR count). The molecule has 0 aromatic carbocycles. The minimum Gasteiger partial charge on any atom is -0.395 e. The Labute approximate surface area is 118 Å². The predicted octanol–water partition coefficient (Wildman–Crippen LogP) is 2.16. The van der Waals surface area contributed by atoms with Crippen LogP contribution in [0.5, 0.6) is 0 Å². The highest BCUT2D eigenvalue weighted by Gasteiger charge is 2.22. The molecule has 0 atom stereocenters. The van der Waals surface area contributed by atoms with Crippen LogP contribution < -0.4 is 4.90 Å². The second-order valence-corrected chi connectivity index (χ2v) is 5.28. The predicted molar refractivity (Wildman–Crippen MR) is 78.6 cm³/mol. The third-order valence-electron chi connectivity index (χ3n) is 3.97. The highest BCUT2D eigenvalue weighted by atomic mass is 16.3. The highest BCUT2D eigenvalue weighted by molar-refractivity contribution is 5.71. The number of rotatable bonds is 4. The molecule has 2 heterocycles. The van der Waals surface area contributed by atoms with Gasteiger partial charge in [-0.3, -0.25) is 4.98 Å². The van der Waals surface area contributed by atoms with Crippen molar-refractivity contribution in [2.75, 3.05) is 18.1 Å². The van der Waals surface area contributed by atoms with Crippen LogP contribution in [-0.4, -0.2) is 39.3 Å². The number of nitrogens with zero attached hydrogens (tertiary/aromatic N) is 4. The minimum atomic E-state index is 0.149. The fourth-order valence-electron chi connectivity index (χ4n) is 2.99. The van der Waals surface area contributed by atoms with Crippen LogP contribution in [0.1, 0.15) is 32.1 Å². The van der Waals surface area contributed by atoms with Gasteiger partial charge in [-0.1, -0.05) is 19.3 Å². The molecular formula is C15H20N4O. The third-order valence-corrected chi connectivity index (χ3v) is 3.97. The Morgan fingerprint density at radius 1 is 1.10 bits per heavy atom. The Hall–Kier alpha value is -1.75. The Balaban J connectivity index is 1.91. The van der Waals surface area contributed by atoms with Crippen LogP contribution in [0.15, 0.2) is 24.5 Å². The van der Waals surface area contributed by atoms with Crippen molar-refractivity contribution in [3.63, 3.8) is 0 Å². The minimum absolute atomic E-state index is 0.149. The van der Waals surface area contributed by atoms with Crippen molar-refractivity contribution in [1.29, 1.82) is 0 Å². The first kappa shape index (κ1) is 13.2. The van der Waals surface area contributed by atoms with E-state index in [1.807, 2.05) is 12.1 Å². The monoisotopic (exact) mass is 272 g/mol. The highest BCUT2D eigenvalue weighted by Crippen LogP contribution is 2.26. The molecule has 106 valence electrons. The van der Waals surface area contributed by atoms with Gasteiger partial charge in [0.25, 0.3) is 0 Å². The van der Waals surface area contributed by atoms with E-state index in [1.54, 1.807) is 12.4 Å². The smallest absolute Gasteiger partial charge is 0.180 e. The van der Waals surface area contributed by atoms with Crippen LogP contribution in [0.3, 0.4) is 0 Å². The van der Waals surface area contributed by atoms with E-state index in [4.69, 9.17) is 0 Å². The van der Waals surface area contributed by atoms with Crippen LogP contribution in [0.2, 0.25) is 0 Å². The van der Waals surface area contributed by atoms with Crippen molar-refractivity contribution < 1.29 is 5.11 Å². The quantitative estimate of drug-likeness (QED) is 0.924. The third kappa shape index (κ3) is 2.72. The van der Waals surface area contributed by atoms with E-state index in [0.29, 0.717) is 18.2 Å². The maximum atomic E-state index is 9.34. The lowest BCUT2D eigenvalue weighted by molar-refractivity contribution is 0.289. The molecule has 1 aliphatic carbocycles.